The van der Waals surface area contributed by atoms with E-state index in [1.165, 1.54) is 77.5 Å². The van der Waals surface area contributed by atoms with Gasteiger partial charge in [-0.3, -0.25) is 0 Å². The number of hydrogen-bond donors (Lipinski definition) is 0. The Labute approximate surface area is 390 Å². The molecule has 14 rings (SSSR count). The lowest BCUT2D eigenvalue weighted by atomic mass is 9.66. The lowest BCUT2D eigenvalue weighted by Gasteiger charge is -2.39. The van der Waals surface area contributed by atoms with E-state index in [1.54, 1.807) is 0 Å². The van der Waals surface area contributed by atoms with Crippen molar-refractivity contribution >= 4 is 38.9 Å². The molecule has 2 heterocycles. The van der Waals surface area contributed by atoms with Gasteiger partial charge in [-0.1, -0.05) is 172 Å². The molecule has 3 aliphatic rings. The second-order valence-corrected chi connectivity index (χ2v) is 18.8. The summed E-state index contributed by atoms with van der Waals surface area (Å²) < 4.78 is 9.43. The predicted molar refractivity (Wildman–Crippen MR) is 276 cm³/mol. The number of aromatic nitrogens is 1. The van der Waals surface area contributed by atoms with Crippen LogP contribution in [0.5, 0.6) is 11.5 Å². The third kappa shape index (κ3) is 5.28. The van der Waals surface area contributed by atoms with Gasteiger partial charge < -0.3 is 14.2 Å². The molecule has 0 amide bonds. The zero-order valence-electron chi connectivity index (χ0n) is 37.2. The average Bonchev–Trinajstić information content (AvgIpc) is 3.95. The molecule has 0 radical (unpaired) electrons. The summed E-state index contributed by atoms with van der Waals surface area (Å²) in [4.78, 5) is 2.40. The molecule has 0 bridgehead atoms. The Bertz CT molecular complexity index is 3760. The van der Waals surface area contributed by atoms with Crippen molar-refractivity contribution in [1.82, 2.24) is 4.57 Å². The Balaban J connectivity index is 0.937. The van der Waals surface area contributed by atoms with Crippen LogP contribution in [-0.4, -0.2) is 4.57 Å². The van der Waals surface area contributed by atoms with Crippen LogP contribution in [0.3, 0.4) is 0 Å². The lowest BCUT2D eigenvalue weighted by molar-refractivity contribution is 0.437. The number of hydrogen-bond acceptors (Lipinski definition) is 2. The minimum absolute atomic E-state index is 0.125. The second kappa shape index (κ2) is 14.1. The number of benzene rings is 10. The van der Waals surface area contributed by atoms with Gasteiger partial charge in [0.15, 0.2) is 0 Å². The number of para-hydroxylation sites is 2. The fraction of sp³-hybridized carbons (Fsp3) is 0.0625. The highest BCUT2D eigenvalue weighted by atomic mass is 16.5. The summed E-state index contributed by atoms with van der Waals surface area (Å²) in [6, 6.07) is 84.7. The average molecular weight is 857 g/mol. The van der Waals surface area contributed by atoms with Gasteiger partial charge in [-0.2, -0.15) is 0 Å². The monoisotopic (exact) mass is 856 g/mol. The minimum Gasteiger partial charge on any atom is -0.457 e. The molecule has 0 saturated heterocycles. The first kappa shape index (κ1) is 37.9. The molecule has 10 aromatic carbocycles. The number of ether oxygens (including phenoxy) is 1. The van der Waals surface area contributed by atoms with Crippen molar-refractivity contribution in [2.24, 2.45) is 0 Å². The molecule has 0 saturated carbocycles. The summed E-state index contributed by atoms with van der Waals surface area (Å²) in [6.07, 6.45) is 0. The Morgan fingerprint density at radius 3 is 1.61 bits per heavy atom. The zero-order chi connectivity index (χ0) is 44.4. The number of rotatable bonds is 5. The molecule has 0 atom stereocenters. The van der Waals surface area contributed by atoms with Gasteiger partial charge >= 0.3 is 0 Å². The lowest BCUT2D eigenvalue weighted by Crippen LogP contribution is -2.32. The van der Waals surface area contributed by atoms with Crippen molar-refractivity contribution in [3.8, 4) is 50.6 Å². The molecule has 1 spiro atoms. The molecule has 0 unspecified atom stereocenters. The van der Waals surface area contributed by atoms with E-state index < -0.39 is 5.41 Å². The third-order valence-corrected chi connectivity index (χ3v) is 15.1. The molecule has 3 nitrogen and oxygen atoms in total. The summed E-state index contributed by atoms with van der Waals surface area (Å²) >= 11 is 0. The van der Waals surface area contributed by atoms with E-state index in [2.05, 4.69) is 254 Å². The van der Waals surface area contributed by atoms with Crippen molar-refractivity contribution in [2.45, 2.75) is 24.7 Å². The van der Waals surface area contributed by atoms with Crippen LogP contribution in [0, 0.1) is 0 Å². The summed E-state index contributed by atoms with van der Waals surface area (Å²) in [5, 5.41) is 2.41. The largest absolute Gasteiger partial charge is 0.457 e. The van der Waals surface area contributed by atoms with Crippen LogP contribution in [-0.2, 0) is 10.8 Å². The second-order valence-electron chi connectivity index (χ2n) is 18.8. The first-order chi connectivity index (χ1) is 33.0. The van der Waals surface area contributed by atoms with Gasteiger partial charge in [0.05, 0.1) is 16.4 Å². The molecule has 11 aromatic rings. The van der Waals surface area contributed by atoms with E-state index in [0.717, 1.165) is 45.3 Å². The first-order valence-electron chi connectivity index (χ1n) is 23.3. The summed E-state index contributed by atoms with van der Waals surface area (Å²) in [7, 11) is 0. The third-order valence-electron chi connectivity index (χ3n) is 15.1. The fourth-order valence-electron chi connectivity index (χ4n) is 12.1. The normalized spacial score (nSPS) is 14.2. The predicted octanol–water partition coefficient (Wildman–Crippen LogP) is 16.7. The summed E-state index contributed by atoms with van der Waals surface area (Å²) in [5.41, 5.74) is 21.3. The molecular weight excluding hydrogens is 813 g/mol. The molecule has 1 aliphatic heterocycles. The van der Waals surface area contributed by atoms with Gasteiger partial charge in [-0.15, -0.1) is 0 Å². The van der Waals surface area contributed by atoms with E-state index in [1.807, 2.05) is 0 Å². The van der Waals surface area contributed by atoms with Crippen LogP contribution in [0.2, 0.25) is 0 Å². The highest BCUT2D eigenvalue weighted by molar-refractivity contribution is 6.10. The Hall–Kier alpha value is -8.40. The van der Waals surface area contributed by atoms with Gasteiger partial charge in [0.1, 0.15) is 11.5 Å². The summed E-state index contributed by atoms with van der Waals surface area (Å²) in [5.74, 6) is 1.77. The maximum atomic E-state index is 7.02. The van der Waals surface area contributed by atoms with Crippen LogP contribution >= 0.6 is 0 Å². The Kier molecular flexibility index (Phi) is 7.95. The van der Waals surface area contributed by atoms with Crippen molar-refractivity contribution < 1.29 is 4.74 Å². The van der Waals surface area contributed by atoms with Crippen LogP contribution < -0.4 is 9.64 Å². The SMILES string of the molecule is CC1(C)c2ccccc2-c2ccc(N(c3ccc(-c4ccccc4)cc3)c3ccc(-n4c5ccccc5c5cc6c(cc54)Oc4ccccc4C64c5ccccc5-c5ccccc54)cc3)cc21. The van der Waals surface area contributed by atoms with Gasteiger partial charge in [0.25, 0.3) is 0 Å². The fourth-order valence-corrected chi connectivity index (χ4v) is 12.1. The first-order valence-corrected chi connectivity index (χ1v) is 23.3. The van der Waals surface area contributed by atoms with Crippen molar-refractivity contribution in [1.29, 1.82) is 0 Å². The quantitative estimate of drug-likeness (QED) is 0.172. The Morgan fingerprint density at radius 2 is 0.896 bits per heavy atom. The number of anilines is 3. The van der Waals surface area contributed by atoms with Crippen molar-refractivity contribution in [3.05, 3.63) is 264 Å². The Morgan fingerprint density at radius 1 is 0.358 bits per heavy atom. The van der Waals surface area contributed by atoms with Gasteiger partial charge in [0.2, 0.25) is 0 Å². The van der Waals surface area contributed by atoms with Crippen LogP contribution in [0.1, 0.15) is 47.2 Å². The van der Waals surface area contributed by atoms with E-state index in [-0.39, 0.29) is 5.41 Å². The van der Waals surface area contributed by atoms with Gasteiger partial charge in [0, 0.05) is 56.1 Å². The standard InChI is InChI=1S/C64H44N2O/c1-63(2)53-22-10-6-18-47(53)50-37-36-46(38-57(50)63)65(43-30-28-42(29-31-43)41-16-4-3-5-17-41)44-32-34-45(35-33-44)66-59-26-14-9-21-51(59)52-39-58-62(40-60(52)66)67-61-27-15-13-25-56(61)64(58)54-23-11-7-19-48(54)49-20-8-12-24-55(49)64/h3-40H,1-2H3. The topological polar surface area (TPSA) is 17.4 Å². The highest BCUT2D eigenvalue weighted by Gasteiger charge is 2.51. The molecule has 67 heavy (non-hydrogen) atoms. The smallest absolute Gasteiger partial charge is 0.134 e. The minimum atomic E-state index is -0.533. The van der Waals surface area contributed by atoms with Crippen molar-refractivity contribution in [3.63, 3.8) is 0 Å². The number of nitrogens with zero attached hydrogens (tertiary/aromatic N) is 2. The molecule has 0 N–H and O–H groups in total. The van der Waals surface area contributed by atoms with E-state index in [9.17, 15) is 0 Å². The molecule has 2 aliphatic carbocycles. The van der Waals surface area contributed by atoms with E-state index in [4.69, 9.17) is 4.74 Å². The van der Waals surface area contributed by atoms with Gasteiger partial charge in [-0.25, -0.2) is 0 Å². The molecule has 0 fully saturated rings. The van der Waals surface area contributed by atoms with Gasteiger partial charge in [-0.05, 0) is 122 Å². The maximum absolute atomic E-state index is 7.02. The van der Waals surface area contributed by atoms with E-state index >= 15 is 0 Å². The molecule has 3 heteroatoms. The zero-order valence-corrected chi connectivity index (χ0v) is 37.2. The van der Waals surface area contributed by atoms with Crippen molar-refractivity contribution in [2.75, 3.05) is 4.90 Å². The van der Waals surface area contributed by atoms with Crippen LogP contribution in [0.4, 0.5) is 17.1 Å². The van der Waals surface area contributed by atoms with Crippen LogP contribution in [0.15, 0.2) is 231 Å². The number of fused-ring (bicyclic) bond motifs is 15. The molecule has 1 aromatic heterocycles. The molecule has 316 valence electrons. The summed E-state index contributed by atoms with van der Waals surface area (Å²) in [6.45, 7) is 4.71. The maximum Gasteiger partial charge on any atom is 0.134 e. The highest BCUT2D eigenvalue weighted by Crippen LogP contribution is 2.63. The van der Waals surface area contributed by atoms with Crippen LogP contribution in [0.25, 0.3) is 60.9 Å². The molecular formula is C64H44N2O. The van der Waals surface area contributed by atoms with E-state index in [0.29, 0.717) is 0 Å².